The molecule has 1 aromatic rings. The Kier molecular flexibility index (Phi) is 6.00. The second-order valence-corrected chi connectivity index (χ2v) is 5.72. The number of nitrogens with zero attached hydrogens (tertiary/aromatic N) is 1. The van der Waals surface area contributed by atoms with Crippen LogP contribution < -0.4 is 5.32 Å². The van der Waals surface area contributed by atoms with E-state index >= 15 is 0 Å². The number of alkyl halides is 1. The molecule has 2 N–H and O–H groups in total. The molecule has 2 atom stereocenters. The Morgan fingerprint density at radius 1 is 1.64 bits per heavy atom. The van der Waals surface area contributed by atoms with E-state index in [1.807, 2.05) is 18.2 Å². The Balaban J connectivity index is 2.18. The predicted octanol–water partition coefficient (Wildman–Crippen LogP) is 0.536. The molecule has 0 fully saturated rings. The normalized spacial score (nSPS) is 19.1. The molecule has 1 aliphatic rings. The summed E-state index contributed by atoms with van der Waals surface area (Å²) in [6.07, 6.45) is 0.943. The minimum atomic E-state index is -0.757. The monoisotopic (exact) mass is 322 g/mol. The molecule has 118 valence electrons. The van der Waals surface area contributed by atoms with Crippen molar-refractivity contribution in [3.8, 4) is 0 Å². The highest BCUT2D eigenvalue weighted by molar-refractivity contribution is 6.64. The topological polar surface area (TPSA) is 69.6 Å². The quantitative estimate of drug-likeness (QED) is 0.455. The number of hydrogen-bond donors (Lipinski definition) is 2. The maximum Gasteiger partial charge on any atom is 0.281 e. The lowest BCUT2D eigenvalue weighted by atomic mass is 9.81. The average Bonchev–Trinajstić information content (AvgIpc) is 2.54. The van der Waals surface area contributed by atoms with Crippen LogP contribution in [0.2, 0.25) is 0 Å². The molecule has 0 saturated carbocycles. The Hall–Kier alpha value is -1.37. The second-order valence-electron chi connectivity index (χ2n) is 5.46. The summed E-state index contributed by atoms with van der Waals surface area (Å²) in [6, 6.07) is 5.96. The van der Waals surface area contributed by atoms with Crippen LogP contribution in [0.4, 0.5) is 0 Å². The van der Waals surface area contributed by atoms with Crippen LogP contribution in [0, 0.1) is 0 Å². The zero-order valence-corrected chi connectivity index (χ0v) is 13.3. The fourth-order valence-corrected chi connectivity index (χ4v) is 3.07. The number of aliphatic hydroxyl groups excluding tert-OH is 1. The summed E-state index contributed by atoms with van der Waals surface area (Å²) in [4.78, 5) is 24.1. The lowest BCUT2D eigenvalue weighted by Gasteiger charge is -2.35. The van der Waals surface area contributed by atoms with Crippen molar-refractivity contribution in [3.63, 3.8) is 0 Å². The molecule has 0 saturated heterocycles. The van der Waals surface area contributed by atoms with Gasteiger partial charge in [0.15, 0.2) is 0 Å². The molecule has 0 aliphatic carbocycles. The molecule has 1 heterocycles. The van der Waals surface area contributed by atoms with E-state index in [9.17, 15) is 14.7 Å². The van der Waals surface area contributed by atoms with Crippen molar-refractivity contribution in [1.82, 2.24) is 10.1 Å². The van der Waals surface area contributed by atoms with Gasteiger partial charge in [0, 0.05) is 12.6 Å². The first-order valence-electron chi connectivity index (χ1n) is 7.38. The van der Waals surface area contributed by atoms with E-state index in [1.165, 1.54) is 0 Å². The summed E-state index contributed by atoms with van der Waals surface area (Å²) in [5.74, 6) is -0.409. The van der Waals surface area contributed by atoms with Gasteiger partial charge in [-0.2, -0.15) is 0 Å². The highest BCUT2D eigenvalue weighted by Gasteiger charge is 2.27. The number of amides is 1. The van der Waals surface area contributed by atoms with E-state index < -0.39 is 6.10 Å². The van der Waals surface area contributed by atoms with Crippen molar-refractivity contribution in [2.24, 2.45) is 0 Å². The number of fused-ring (bicyclic) bond motifs is 1. The van der Waals surface area contributed by atoms with Crippen LogP contribution in [0.15, 0.2) is 18.2 Å². The van der Waals surface area contributed by atoms with E-state index in [2.05, 4.69) is 17.1 Å². The van der Waals surface area contributed by atoms with Crippen LogP contribution in [0.3, 0.4) is 0 Å². The molecule has 5 nitrogen and oxygen atoms in total. The standard InChI is InChI=1S/C15H20BClN2O3/c1-10-11-3-2-4-13(14(21)8-18-15(22)7-17)12(11)5-6-19(10)16-9-20/h2-4,9-10,14,16,21H,5-8H2,1H3,(H,18,22)/t10-,14?/m0/s1. The average molecular weight is 323 g/mol. The van der Waals surface area contributed by atoms with E-state index in [-0.39, 0.29) is 24.4 Å². The van der Waals surface area contributed by atoms with Crippen LogP contribution in [0.5, 0.6) is 0 Å². The van der Waals surface area contributed by atoms with E-state index in [1.54, 1.807) is 0 Å². The van der Waals surface area contributed by atoms with Gasteiger partial charge in [0.2, 0.25) is 5.91 Å². The third-order valence-electron chi connectivity index (χ3n) is 4.18. The molecule has 0 bridgehead atoms. The van der Waals surface area contributed by atoms with Gasteiger partial charge in [-0.1, -0.05) is 18.2 Å². The Labute approximate surface area is 135 Å². The highest BCUT2D eigenvalue weighted by Crippen LogP contribution is 2.32. The van der Waals surface area contributed by atoms with Gasteiger partial charge in [-0.15, -0.1) is 11.6 Å². The molecule has 1 unspecified atom stereocenters. The SMILES string of the molecule is C[C@H]1c2cccc(C(O)CNC(=O)CCl)c2CCN1BC=O. The van der Waals surface area contributed by atoms with Crippen molar-refractivity contribution >= 4 is 31.1 Å². The molecule has 0 radical (unpaired) electrons. The molecule has 7 heteroatoms. The number of nitrogens with one attached hydrogen (secondary N) is 1. The number of hydrogen-bond acceptors (Lipinski definition) is 4. The fourth-order valence-electron chi connectivity index (χ4n) is 2.97. The van der Waals surface area contributed by atoms with E-state index in [0.29, 0.717) is 7.41 Å². The third kappa shape index (κ3) is 3.69. The van der Waals surface area contributed by atoms with Crippen molar-refractivity contribution in [2.75, 3.05) is 19.0 Å². The van der Waals surface area contributed by atoms with Gasteiger partial charge in [-0.3, -0.25) is 4.79 Å². The van der Waals surface area contributed by atoms with Crippen molar-refractivity contribution in [3.05, 3.63) is 34.9 Å². The summed E-state index contributed by atoms with van der Waals surface area (Å²) in [7, 11) is 0.416. The fraction of sp³-hybridized carbons (Fsp3) is 0.467. The number of rotatable bonds is 6. The molecule has 1 aliphatic heterocycles. The number of benzene rings is 1. The van der Waals surface area contributed by atoms with Gasteiger partial charge in [-0.25, -0.2) is 0 Å². The number of halogens is 1. The van der Waals surface area contributed by atoms with Gasteiger partial charge in [0.25, 0.3) is 7.41 Å². The van der Waals surface area contributed by atoms with Gasteiger partial charge in [0.1, 0.15) is 5.88 Å². The maximum absolute atomic E-state index is 11.2. The molecule has 2 rings (SSSR count). The van der Waals surface area contributed by atoms with Gasteiger partial charge in [0.05, 0.1) is 12.3 Å². The minimum absolute atomic E-state index is 0.114. The summed E-state index contributed by atoms with van der Waals surface area (Å²) in [6.45, 7) is 2.99. The smallest absolute Gasteiger partial charge is 0.281 e. The summed E-state index contributed by atoms with van der Waals surface area (Å²) in [5, 5.41) is 12.9. The largest absolute Gasteiger partial charge is 0.387 e. The predicted molar refractivity (Wildman–Crippen MR) is 87.9 cm³/mol. The van der Waals surface area contributed by atoms with Crippen LogP contribution >= 0.6 is 11.6 Å². The van der Waals surface area contributed by atoms with Crippen molar-refractivity contribution in [2.45, 2.75) is 25.5 Å². The lowest BCUT2D eigenvalue weighted by molar-refractivity contribution is -0.119. The Bertz CT molecular complexity index is 556. The number of carbonyl (C=O) groups excluding carboxylic acids is 2. The first-order valence-corrected chi connectivity index (χ1v) is 7.92. The van der Waals surface area contributed by atoms with Gasteiger partial charge in [-0.05, 0) is 36.6 Å². The molecule has 1 aromatic carbocycles. The van der Waals surface area contributed by atoms with Gasteiger partial charge >= 0.3 is 0 Å². The molecule has 1 amide bonds. The lowest BCUT2D eigenvalue weighted by Crippen LogP contribution is -2.38. The first-order chi connectivity index (χ1) is 10.6. The maximum atomic E-state index is 11.2. The van der Waals surface area contributed by atoms with E-state index in [0.717, 1.165) is 35.8 Å². The number of carbonyl (C=O) groups is 2. The van der Waals surface area contributed by atoms with E-state index in [4.69, 9.17) is 11.6 Å². The molecule has 0 spiro atoms. The minimum Gasteiger partial charge on any atom is -0.387 e. The molecular weight excluding hydrogens is 302 g/mol. The zero-order chi connectivity index (χ0) is 16.1. The van der Waals surface area contributed by atoms with Crippen LogP contribution in [0.25, 0.3) is 0 Å². The summed E-state index contributed by atoms with van der Waals surface area (Å²) < 4.78 is 0. The Morgan fingerprint density at radius 3 is 3.09 bits per heavy atom. The molecular formula is C15H20BClN2O3. The van der Waals surface area contributed by atoms with Crippen LogP contribution in [-0.2, 0) is 16.0 Å². The van der Waals surface area contributed by atoms with Crippen molar-refractivity contribution < 1.29 is 14.7 Å². The molecule has 0 aromatic heterocycles. The van der Waals surface area contributed by atoms with Crippen LogP contribution in [-0.4, -0.2) is 48.4 Å². The highest BCUT2D eigenvalue weighted by atomic mass is 35.5. The van der Waals surface area contributed by atoms with Crippen LogP contribution in [0.1, 0.15) is 35.8 Å². The zero-order valence-electron chi connectivity index (χ0n) is 12.6. The second kappa shape index (κ2) is 7.76. The first kappa shape index (κ1) is 17.0. The summed E-state index contributed by atoms with van der Waals surface area (Å²) >= 11 is 5.43. The number of aliphatic hydroxyl groups is 1. The van der Waals surface area contributed by atoms with Gasteiger partial charge < -0.3 is 20.0 Å². The Morgan fingerprint density at radius 2 is 2.41 bits per heavy atom. The third-order valence-corrected chi connectivity index (χ3v) is 4.42. The summed E-state index contributed by atoms with van der Waals surface area (Å²) in [5.41, 5.74) is 3.09. The molecule has 22 heavy (non-hydrogen) atoms. The van der Waals surface area contributed by atoms with Crippen molar-refractivity contribution in [1.29, 1.82) is 0 Å².